The van der Waals surface area contributed by atoms with Crippen molar-refractivity contribution in [1.82, 2.24) is 5.32 Å². The van der Waals surface area contributed by atoms with Gasteiger partial charge < -0.3 is 24.8 Å². The zero-order valence-corrected chi connectivity index (χ0v) is 15.0. The monoisotopic (exact) mass is 382 g/mol. The molecule has 2 aliphatic heterocycles. The highest BCUT2D eigenvalue weighted by Gasteiger charge is 2.27. The quantitative estimate of drug-likeness (QED) is 0.743. The van der Waals surface area contributed by atoms with Gasteiger partial charge in [-0.3, -0.25) is 14.9 Å². The lowest BCUT2D eigenvalue weighted by molar-refractivity contribution is -0.124. The predicted octanol–water partition coefficient (Wildman–Crippen LogP) is 1.72. The lowest BCUT2D eigenvalue weighted by atomic mass is 10.1. The normalized spacial score (nSPS) is 17.4. The number of anilines is 2. The second-order valence-corrected chi connectivity index (χ2v) is 6.16. The molecular formula is C19H18N4O5. The number of methoxy groups -OCH3 is 1. The molecule has 0 saturated heterocycles. The first-order valence-corrected chi connectivity index (χ1v) is 8.60. The van der Waals surface area contributed by atoms with Crippen molar-refractivity contribution in [3.05, 3.63) is 42.5 Å². The summed E-state index contributed by atoms with van der Waals surface area (Å²) in [5.41, 5.74) is 1.25. The van der Waals surface area contributed by atoms with Gasteiger partial charge in [-0.15, -0.1) is 0 Å². The number of fused-ring (bicyclic) bond motifs is 1. The number of nitrogens with one attached hydrogen (secondary N) is 3. The number of hydrogen-bond acceptors (Lipinski definition) is 7. The van der Waals surface area contributed by atoms with Crippen molar-refractivity contribution in [2.45, 2.75) is 12.5 Å². The molecular weight excluding hydrogens is 364 g/mol. The maximum Gasteiger partial charge on any atom is 0.249 e. The third-order valence-corrected chi connectivity index (χ3v) is 4.22. The van der Waals surface area contributed by atoms with Crippen LogP contribution in [0.4, 0.5) is 11.4 Å². The molecule has 144 valence electrons. The molecule has 0 unspecified atom stereocenters. The van der Waals surface area contributed by atoms with E-state index in [1.54, 1.807) is 49.6 Å². The van der Waals surface area contributed by atoms with E-state index in [0.717, 1.165) is 0 Å². The summed E-state index contributed by atoms with van der Waals surface area (Å²) in [6, 6.07) is 11.4. The van der Waals surface area contributed by atoms with E-state index in [-0.39, 0.29) is 31.0 Å². The third kappa shape index (κ3) is 3.83. The van der Waals surface area contributed by atoms with Crippen molar-refractivity contribution in [3.8, 4) is 17.2 Å². The van der Waals surface area contributed by atoms with Crippen molar-refractivity contribution in [2.75, 3.05) is 24.5 Å². The van der Waals surface area contributed by atoms with Crippen LogP contribution in [0.5, 0.6) is 17.2 Å². The minimum Gasteiger partial charge on any atom is -0.497 e. The topological polar surface area (TPSA) is 110 Å². The van der Waals surface area contributed by atoms with Crippen molar-refractivity contribution in [2.24, 2.45) is 4.99 Å². The molecule has 0 bridgehead atoms. The van der Waals surface area contributed by atoms with Gasteiger partial charge in [0.2, 0.25) is 24.6 Å². The molecule has 2 heterocycles. The number of carbonyl (C=O) groups is 2. The van der Waals surface area contributed by atoms with E-state index >= 15 is 0 Å². The molecule has 3 N–H and O–H groups in total. The number of nitrogens with zero attached hydrogens (tertiary/aromatic N) is 1. The fraction of sp³-hybridized carbons (Fsp3) is 0.211. The minimum atomic E-state index is -0.847. The molecule has 2 aromatic rings. The zero-order valence-electron chi connectivity index (χ0n) is 15.0. The van der Waals surface area contributed by atoms with Gasteiger partial charge in [0.15, 0.2) is 11.5 Å². The van der Waals surface area contributed by atoms with Crippen molar-refractivity contribution >= 4 is 29.1 Å². The first kappa shape index (κ1) is 17.7. The van der Waals surface area contributed by atoms with Gasteiger partial charge in [-0.2, -0.15) is 0 Å². The second kappa shape index (κ2) is 7.47. The summed E-state index contributed by atoms with van der Waals surface area (Å²) in [7, 11) is 1.58. The second-order valence-electron chi connectivity index (χ2n) is 6.16. The minimum absolute atomic E-state index is 0.0375. The van der Waals surface area contributed by atoms with Crippen LogP contribution in [0.25, 0.3) is 0 Å². The van der Waals surface area contributed by atoms with E-state index in [9.17, 15) is 9.59 Å². The summed E-state index contributed by atoms with van der Waals surface area (Å²) in [5, 5.41) is 8.38. The smallest absolute Gasteiger partial charge is 0.249 e. The van der Waals surface area contributed by atoms with Crippen molar-refractivity contribution in [3.63, 3.8) is 0 Å². The molecule has 1 atom stereocenters. The Morgan fingerprint density at radius 2 is 1.89 bits per heavy atom. The van der Waals surface area contributed by atoms with Crippen molar-refractivity contribution < 1.29 is 23.8 Å². The van der Waals surface area contributed by atoms with E-state index in [1.165, 1.54) is 0 Å². The molecule has 0 aromatic heterocycles. The van der Waals surface area contributed by atoms with E-state index in [2.05, 4.69) is 20.9 Å². The Morgan fingerprint density at radius 1 is 1.14 bits per heavy atom. The van der Waals surface area contributed by atoms with Gasteiger partial charge in [-0.25, -0.2) is 4.99 Å². The number of amides is 2. The van der Waals surface area contributed by atoms with Crippen LogP contribution in [-0.2, 0) is 9.59 Å². The molecule has 2 amide bonds. The molecule has 0 fully saturated rings. The molecule has 2 aliphatic rings. The number of carbonyl (C=O) groups excluding carboxylic acids is 2. The van der Waals surface area contributed by atoms with Gasteiger partial charge in [-0.05, 0) is 36.4 Å². The number of benzene rings is 2. The lowest BCUT2D eigenvalue weighted by Crippen LogP contribution is -2.45. The molecule has 9 nitrogen and oxygen atoms in total. The Balaban J connectivity index is 1.45. The van der Waals surface area contributed by atoms with E-state index in [4.69, 9.17) is 14.2 Å². The van der Waals surface area contributed by atoms with Crippen LogP contribution in [0.15, 0.2) is 47.5 Å². The highest BCUT2D eigenvalue weighted by Crippen LogP contribution is 2.34. The lowest BCUT2D eigenvalue weighted by Gasteiger charge is -2.21. The fourth-order valence-electron chi connectivity index (χ4n) is 2.82. The number of ether oxygens (including phenoxy) is 3. The maximum atomic E-state index is 12.6. The largest absolute Gasteiger partial charge is 0.497 e. The van der Waals surface area contributed by atoms with Crippen LogP contribution in [0.3, 0.4) is 0 Å². The van der Waals surface area contributed by atoms with Crippen LogP contribution < -0.4 is 30.2 Å². The Bertz CT molecular complexity index is 942. The molecule has 28 heavy (non-hydrogen) atoms. The highest BCUT2D eigenvalue weighted by molar-refractivity contribution is 6.10. The van der Waals surface area contributed by atoms with Gasteiger partial charge >= 0.3 is 0 Å². The van der Waals surface area contributed by atoms with Gasteiger partial charge in [-0.1, -0.05) is 0 Å². The Kier molecular flexibility index (Phi) is 4.71. The van der Waals surface area contributed by atoms with Crippen LogP contribution in [0.1, 0.15) is 6.42 Å². The first-order chi connectivity index (χ1) is 13.6. The summed E-state index contributed by atoms with van der Waals surface area (Å²) in [6.45, 7) is 0.153. The van der Waals surface area contributed by atoms with Gasteiger partial charge in [0.05, 0.1) is 13.5 Å². The maximum absolute atomic E-state index is 12.6. The third-order valence-electron chi connectivity index (χ3n) is 4.22. The van der Waals surface area contributed by atoms with Gasteiger partial charge in [0.1, 0.15) is 11.8 Å². The highest BCUT2D eigenvalue weighted by atomic mass is 16.7. The summed E-state index contributed by atoms with van der Waals surface area (Å²) < 4.78 is 15.7. The molecule has 0 radical (unpaired) electrons. The Hall–Kier alpha value is -3.75. The average molecular weight is 382 g/mol. The SMILES string of the molecule is COc1ccc(NC2=N[C@H](C(=O)Nc3ccc4c(c3)OCO4)CC(=O)N2)cc1. The summed E-state index contributed by atoms with van der Waals surface area (Å²) in [6.07, 6.45) is -0.0375. The number of aliphatic imine (C=N–C) groups is 1. The van der Waals surface area contributed by atoms with Gasteiger partial charge in [0.25, 0.3) is 0 Å². The fourth-order valence-corrected chi connectivity index (χ4v) is 2.82. The predicted molar refractivity (Wildman–Crippen MR) is 102 cm³/mol. The summed E-state index contributed by atoms with van der Waals surface area (Å²) in [5.74, 6) is 1.43. The van der Waals surface area contributed by atoms with Crippen molar-refractivity contribution in [1.29, 1.82) is 0 Å². The molecule has 2 aromatic carbocycles. The number of guanidine groups is 1. The van der Waals surface area contributed by atoms with E-state index in [0.29, 0.717) is 28.6 Å². The summed E-state index contributed by atoms with van der Waals surface area (Å²) >= 11 is 0. The van der Waals surface area contributed by atoms with E-state index < -0.39 is 6.04 Å². The van der Waals surface area contributed by atoms with Crippen LogP contribution >= 0.6 is 0 Å². The molecule has 9 heteroatoms. The first-order valence-electron chi connectivity index (χ1n) is 8.60. The average Bonchev–Trinajstić information content (AvgIpc) is 3.16. The van der Waals surface area contributed by atoms with Crippen LogP contribution in [-0.4, -0.2) is 37.7 Å². The molecule has 0 aliphatic carbocycles. The van der Waals surface area contributed by atoms with Crippen LogP contribution in [0.2, 0.25) is 0 Å². The number of rotatable bonds is 4. The Morgan fingerprint density at radius 3 is 2.68 bits per heavy atom. The molecule has 0 saturated carbocycles. The standard InChI is InChI=1S/C19H18N4O5/c1-26-13-5-2-11(3-6-13)21-19-22-14(9-17(24)23-19)18(25)20-12-4-7-15-16(8-12)28-10-27-15/h2-8,14H,9-10H2,1H3,(H,20,25)(H2,21,22,23,24)/t14-/m0/s1. The van der Waals surface area contributed by atoms with E-state index in [1.807, 2.05) is 0 Å². The van der Waals surface area contributed by atoms with Gasteiger partial charge in [0, 0.05) is 17.4 Å². The molecule has 0 spiro atoms. The zero-order chi connectivity index (χ0) is 19.5. The Labute approximate surface area is 160 Å². The molecule has 4 rings (SSSR count). The summed E-state index contributed by atoms with van der Waals surface area (Å²) in [4.78, 5) is 28.9. The van der Waals surface area contributed by atoms with Crippen LogP contribution in [0, 0.1) is 0 Å². The number of hydrogen-bond donors (Lipinski definition) is 3.